The van der Waals surface area contributed by atoms with Crippen molar-refractivity contribution in [2.45, 2.75) is 57.7 Å². The van der Waals surface area contributed by atoms with Gasteiger partial charge in [-0.25, -0.2) is 9.97 Å². The first-order valence-corrected chi connectivity index (χ1v) is 14.1. The smallest absolute Gasteiger partial charge is 0.416 e. The molecule has 3 aromatic rings. The van der Waals surface area contributed by atoms with Crippen molar-refractivity contribution in [3.8, 4) is 5.75 Å². The zero-order valence-corrected chi connectivity index (χ0v) is 23.6. The van der Waals surface area contributed by atoms with Gasteiger partial charge in [0, 0.05) is 49.2 Å². The maximum atomic E-state index is 13.4. The van der Waals surface area contributed by atoms with E-state index in [0.29, 0.717) is 22.7 Å². The molecule has 0 radical (unpaired) electrons. The number of carbonyl (C=O) groups is 1. The number of hydrogen-bond acceptors (Lipinski definition) is 7. The maximum absolute atomic E-state index is 13.4. The van der Waals surface area contributed by atoms with Gasteiger partial charge in [0.05, 0.1) is 24.2 Å². The summed E-state index contributed by atoms with van der Waals surface area (Å²) in [4.78, 5) is 24.3. The summed E-state index contributed by atoms with van der Waals surface area (Å²) in [6.45, 7) is 6.75. The average Bonchev–Trinajstić information content (AvgIpc) is 2.95. The van der Waals surface area contributed by atoms with Gasteiger partial charge in [-0.1, -0.05) is 0 Å². The van der Waals surface area contributed by atoms with Crippen molar-refractivity contribution in [1.82, 2.24) is 20.2 Å². The van der Waals surface area contributed by atoms with Crippen LogP contribution in [0.1, 0.15) is 67.1 Å². The minimum atomic E-state index is -4.50. The molecule has 41 heavy (non-hydrogen) atoms. The number of aromatic nitrogens is 2. The molecule has 2 aromatic carbocycles. The summed E-state index contributed by atoms with van der Waals surface area (Å²) in [5, 5.41) is 7.36. The zero-order chi connectivity index (χ0) is 29.3. The number of nitrogens with one attached hydrogen (secondary N) is 2. The Hall–Kier alpha value is -3.60. The van der Waals surface area contributed by atoms with Gasteiger partial charge in [0.25, 0.3) is 0 Å². The summed E-state index contributed by atoms with van der Waals surface area (Å²) in [6.07, 6.45) is -1.14. The van der Waals surface area contributed by atoms with E-state index < -0.39 is 17.8 Å². The van der Waals surface area contributed by atoms with Crippen molar-refractivity contribution < 1.29 is 22.7 Å². The van der Waals surface area contributed by atoms with E-state index in [4.69, 9.17) is 10.5 Å². The number of anilines is 2. The number of ether oxygens (including phenoxy) is 1. The Morgan fingerprint density at radius 3 is 2.46 bits per heavy atom. The quantitative estimate of drug-likeness (QED) is 0.340. The molecule has 1 aromatic heterocycles. The van der Waals surface area contributed by atoms with Crippen LogP contribution in [0.5, 0.6) is 5.75 Å². The van der Waals surface area contributed by atoms with E-state index in [1.54, 1.807) is 21.0 Å². The molecule has 1 aliphatic carbocycles. The fraction of sp³-hybridized carbons (Fsp3) is 0.500. The molecule has 11 heteroatoms. The highest BCUT2D eigenvalue weighted by Gasteiger charge is 2.33. The first-order chi connectivity index (χ1) is 19.5. The van der Waals surface area contributed by atoms with E-state index in [0.717, 1.165) is 80.7 Å². The monoisotopic (exact) mass is 570 g/mol. The number of aryl methyl sites for hydroxylation is 1. The van der Waals surface area contributed by atoms with Crippen LogP contribution < -0.4 is 21.1 Å². The third-order valence-electron chi connectivity index (χ3n) is 8.26. The largest absolute Gasteiger partial charge is 0.496 e. The molecule has 0 spiro atoms. The number of hydrogen-bond donors (Lipinski definition) is 3. The lowest BCUT2D eigenvalue weighted by Gasteiger charge is -2.34. The Bertz CT molecular complexity index is 1420. The van der Waals surface area contributed by atoms with Gasteiger partial charge in [0.2, 0.25) is 5.91 Å². The summed E-state index contributed by atoms with van der Waals surface area (Å²) in [6, 6.07) is 7.01. The number of halogens is 3. The van der Waals surface area contributed by atoms with Crippen molar-refractivity contribution >= 4 is 28.3 Å². The lowest BCUT2D eigenvalue weighted by atomic mass is 9.77. The third-order valence-corrected chi connectivity index (χ3v) is 8.26. The third kappa shape index (κ3) is 6.34. The second-order valence-electron chi connectivity index (χ2n) is 11.1. The molecule has 2 heterocycles. The topological polar surface area (TPSA) is 105 Å². The molecule has 2 aliphatic rings. The maximum Gasteiger partial charge on any atom is 0.416 e. The van der Waals surface area contributed by atoms with E-state index in [2.05, 4.69) is 20.6 Å². The second kappa shape index (κ2) is 11.7. The lowest BCUT2D eigenvalue weighted by molar-refractivity contribution is -0.138. The second-order valence-corrected chi connectivity index (χ2v) is 11.1. The molecule has 1 saturated carbocycles. The first-order valence-electron chi connectivity index (χ1n) is 14.1. The van der Waals surface area contributed by atoms with Crippen LogP contribution in [0.25, 0.3) is 10.9 Å². The number of fused-ring (bicyclic) bond motifs is 1. The molecular formula is C30H37F3N6O2. The predicted molar refractivity (Wildman–Crippen MR) is 153 cm³/mol. The SMILES string of the molecule is COc1cc2nc(C)nc(NC(C)c3cc(N)cc(C(F)(F)F)c3)c2cc1C1CCC(C(=O)N2CCNCC2)CC1. The predicted octanol–water partition coefficient (Wildman–Crippen LogP) is 5.43. The fourth-order valence-electron chi connectivity index (χ4n) is 6.07. The highest BCUT2D eigenvalue weighted by atomic mass is 19.4. The van der Waals surface area contributed by atoms with Crippen LogP contribution in [0.15, 0.2) is 30.3 Å². The summed E-state index contributed by atoms with van der Waals surface area (Å²) in [7, 11) is 1.64. The number of rotatable bonds is 6. The Morgan fingerprint density at radius 2 is 1.80 bits per heavy atom. The Labute approximate surface area is 237 Å². The van der Waals surface area contributed by atoms with Gasteiger partial charge < -0.3 is 26.0 Å². The van der Waals surface area contributed by atoms with Crippen LogP contribution >= 0.6 is 0 Å². The number of nitrogens with two attached hydrogens (primary N) is 1. The molecule has 1 saturated heterocycles. The average molecular weight is 571 g/mol. The van der Waals surface area contributed by atoms with Gasteiger partial charge in [0.1, 0.15) is 17.4 Å². The number of carbonyl (C=O) groups excluding carboxylic acids is 1. The van der Waals surface area contributed by atoms with Crippen LogP contribution in [-0.4, -0.2) is 54.1 Å². The molecule has 5 rings (SSSR count). The fourth-order valence-corrected chi connectivity index (χ4v) is 6.07. The van der Waals surface area contributed by atoms with Crippen molar-refractivity contribution in [2.75, 3.05) is 44.3 Å². The number of nitrogens with zero attached hydrogens (tertiary/aromatic N) is 3. The van der Waals surface area contributed by atoms with Gasteiger partial charge in [0.15, 0.2) is 0 Å². The van der Waals surface area contributed by atoms with E-state index in [1.165, 1.54) is 6.07 Å². The van der Waals surface area contributed by atoms with Crippen molar-refractivity contribution in [3.05, 3.63) is 52.8 Å². The minimum absolute atomic E-state index is 0.0414. The first kappa shape index (κ1) is 28.9. The van der Waals surface area contributed by atoms with Gasteiger partial charge in [-0.2, -0.15) is 13.2 Å². The van der Waals surface area contributed by atoms with E-state index in [-0.39, 0.29) is 23.4 Å². The molecular weight excluding hydrogens is 533 g/mol. The molecule has 2 fully saturated rings. The Balaban J connectivity index is 1.41. The van der Waals surface area contributed by atoms with Crippen LogP contribution in [0.2, 0.25) is 0 Å². The lowest BCUT2D eigenvalue weighted by Crippen LogP contribution is -2.48. The van der Waals surface area contributed by atoms with Crippen LogP contribution in [-0.2, 0) is 11.0 Å². The van der Waals surface area contributed by atoms with Crippen molar-refractivity contribution in [1.29, 1.82) is 0 Å². The Kier molecular flexibility index (Phi) is 8.26. The van der Waals surface area contributed by atoms with Gasteiger partial charge in [-0.05, 0) is 80.8 Å². The standard InChI is InChI=1S/C30H37F3N6O2/c1-17(21-12-22(30(31,32)33)14-23(34)13-21)36-28-25-15-24(27(41-3)16-26(25)37-18(2)38-28)19-4-6-20(7-5-19)29(40)39-10-8-35-9-11-39/h12-17,19-20,35H,4-11,34H2,1-3H3,(H,36,37,38). The summed E-state index contributed by atoms with van der Waals surface area (Å²) >= 11 is 0. The number of benzene rings is 2. The summed E-state index contributed by atoms with van der Waals surface area (Å²) < 4.78 is 46.1. The Morgan fingerprint density at radius 1 is 1.10 bits per heavy atom. The van der Waals surface area contributed by atoms with E-state index in [1.807, 2.05) is 17.0 Å². The zero-order valence-electron chi connectivity index (χ0n) is 23.6. The van der Waals surface area contributed by atoms with Gasteiger partial charge >= 0.3 is 6.18 Å². The summed E-state index contributed by atoms with van der Waals surface area (Å²) in [5.74, 6) is 2.29. The highest BCUT2D eigenvalue weighted by Crippen LogP contribution is 2.42. The van der Waals surface area contributed by atoms with E-state index >= 15 is 0 Å². The molecule has 1 aliphatic heterocycles. The number of alkyl halides is 3. The summed E-state index contributed by atoms with van der Waals surface area (Å²) in [5.41, 5.74) is 7.18. The molecule has 0 bridgehead atoms. The molecule has 8 nitrogen and oxygen atoms in total. The molecule has 1 unspecified atom stereocenters. The highest BCUT2D eigenvalue weighted by molar-refractivity contribution is 5.91. The van der Waals surface area contributed by atoms with Crippen LogP contribution in [0, 0.1) is 12.8 Å². The van der Waals surface area contributed by atoms with E-state index in [9.17, 15) is 18.0 Å². The number of amides is 1. The molecule has 4 N–H and O–H groups in total. The number of nitrogen functional groups attached to an aromatic ring is 1. The van der Waals surface area contributed by atoms with Crippen molar-refractivity contribution in [3.63, 3.8) is 0 Å². The number of piperazine rings is 1. The van der Waals surface area contributed by atoms with Gasteiger partial charge in [-0.15, -0.1) is 0 Å². The van der Waals surface area contributed by atoms with Crippen molar-refractivity contribution in [2.24, 2.45) is 5.92 Å². The molecule has 220 valence electrons. The molecule has 1 atom stereocenters. The van der Waals surface area contributed by atoms with Crippen LogP contribution in [0.4, 0.5) is 24.7 Å². The minimum Gasteiger partial charge on any atom is -0.496 e. The number of methoxy groups -OCH3 is 1. The van der Waals surface area contributed by atoms with Crippen LogP contribution in [0.3, 0.4) is 0 Å². The normalized spacial score (nSPS) is 20.6. The van der Waals surface area contributed by atoms with Gasteiger partial charge in [-0.3, -0.25) is 4.79 Å². The molecule has 1 amide bonds.